The van der Waals surface area contributed by atoms with Crippen molar-refractivity contribution < 1.29 is 13.2 Å². The van der Waals surface area contributed by atoms with Crippen LogP contribution < -0.4 is 4.90 Å². The molecule has 0 unspecified atom stereocenters. The molecule has 33 heavy (non-hydrogen) atoms. The van der Waals surface area contributed by atoms with Crippen molar-refractivity contribution in [2.45, 2.75) is 32.4 Å². The van der Waals surface area contributed by atoms with Crippen LogP contribution in [0.3, 0.4) is 0 Å². The van der Waals surface area contributed by atoms with E-state index in [1.807, 2.05) is 18.7 Å². The summed E-state index contributed by atoms with van der Waals surface area (Å²) >= 11 is 0. The summed E-state index contributed by atoms with van der Waals surface area (Å²) in [5.74, 6) is 1.30. The van der Waals surface area contributed by atoms with Gasteiger partial charge in [-0.05, 0) is 43.0 Å². The zero-order valence-electron chi connectivity index (χ0n) is 18.6. The number of anilines is 1. The minimum Gasteiger partial charge on any atom is -0.340 e. The number of rotatable bonds is 3. The number of hydrogen-bond donors (Lipinski definition) is 0. The predicted octanol–water partition coefficient (Wildman–Crippen LogP) is 4.48. The molecule has 0 saturated carbocycles. The fourth-order valence-electron chi connectivity index (χ4n) is 4.74. The minimum atomic E-state index is -4.43. The topological polar surface area (TPSA) is 64.1 Å². The molecule has 0 bridgehead atoms. The maximum absolute atomic E-state index is 13.2. The molecule has 0 aromatic carbocycles. The fraction of sp³-hybridized carbons (Fsp3) is 0.391. The second kappa shape index (κ2) is 7.86. The van der Waals surface area contributed by atoms with E-state index < -0.39 is 11.7 Å². The van der Waals surface area contributed by atoms with Gasteiger partial charge in [0.15, 0.2) is 0 Å². The Kier molecular flexibility index (Phi) is 5.10. The Bertz CT molecular complexity index is 1310. The minimum absolute atomic E-state index is 0.305. The molecule has 0 amide bonds. The Morgan fingerprint density at radius 3 is 2.61 bits per heavy atom. The number of piperidine rings is 1. The SMILES string of the molecule is Cc1nn(C)cc1[C@@H]1C[C@@H](C)CN(c2nccc(-c3cnc4ccc(C(F)(F)F)cn34)n2)C1. The normalized spacial score (nSPS) is 19.4. The second-order valence-electron chi connectivity index (χ2n) is 8.82. The number of alkyl halides is 3. The van der Waals surface area contributed by atoms with Gasteiger partial charge >= 0.3 is 6.18 Å². The summed E-state index contributed by atoms with van der Waals surface area (Å²) in [4.78, 5) is 15.6. The predicted molar refractivity (Wildman–Crippen MR) is 118 cm³/mol. The highest BCUT2D eigenvalue weighted by atomic mass is 19.4. The van der Waals surface area contributed by atoms with E-state index in [9.17, 15) is 13.2 Å². The average molecular weight is 455 g/mol. The molecule has 1 fully saturated rings. The molecule has 7 nitrogen and oxygen atoms in total. The van der Waals surface area contributed by atoms with Crippen molar-refractivity contribution in [3.05, 3.63) is 59.8 Å². The van der Waals surface area contributed by atoms with E-state index in [1.54, 1.807) is 18.5 Å². The Morgan fingerprint density at radius 1 is 1.06 bits per heavy atom. The van der Waals surface area contributed by atoms with Crippen LogP contribution in [0.2, 0.25) is 0 Å². The third-order valence-electron chi connectivity index (χ3n) is 6.17. The monoisotopic (exact) mass is 455 g/mol. The lowest BCUT2D eigenvalue weighted by atomic mass is 9.86. The molecular weight excluding hydrogens is 431 g/mol. The molecular formula is C23H24F3N7. The van der Waals surface area contributed by atoms with Crippen molar-refractivity contribution >= 4 is 11.6 Å². The first-order chi connectivity index (χ1) is 15.7. The van der Waals surface area contributed by atoms with Gasteiger partial charge in [-0.15, -0.1) is 0 Å². The molecule has 172 valence electrons. The zero-order chi connectivity index (χ0) is 23.3. The van der Waals surface area contributed by atoms with E-state index in [1.165, 1.54) is 16.0 Å². The Labute approximate surface area is 188 Å². The van der Waals surface area contributed by atoms with Gasteiger partial charge in [0.1, 0.15) is 5.65 Å². The number of halogens is 3. The summed E-state index contributed by atoms with van der Waals surface area (Å²) in [5, 5.41) is 4.49. The Morgan fingerprint density at radius 2 is 1.88 bits per heavy atom. The summed E-state index contributed by atoms with van der Waals surface area (Å²) in [5.41, 5.74) is 2.97. The Hall–Kier alpha value is -3.43. The molecule has 4 aromatic heterocycles. The number of hydrogen-bond acceptors (Lipinski definition) is 5. The molecule has 5 rings (SSSR count). The van der Waals surface area contributed by atoms with Crippen LogP contribution in [-0.2, 0) is 13.2 Å². The van der Waals surface area contributed by atoms with Gasteiger partial charge in [-0.1, -0.05) is 6.92 Å². The van der Waals surface area contributed by atoms with Crippen LogP contribution in [0.1, 0.15) is 36.1 Å². The summed E-state index contributed by atoms with van der Waals surface area (Å²) in [6, 6.07) is 4.10. The van der Waals surface area contributed by atoms with Crippen molar-refractivity contribution in [2.75, 3.05) is 18.0 Å². The average Bonchev–Trinajstić information content (AvgIpc) is 3.34. The van der Waals surface area contributed by atoms with Crippen LogP contribution in [0.25, 0.3) is 17.0 Å². The van der Waals surface area contributed by atoms with E-state index in [4.69, 9.17) is 4.98 Å². The molecule has 4 aromatic rings. The van der Waals surface area contributed by atoms with Gasteiger partial charge < -0.3 is 4.90 Å². The maximum Gasteiger partial charge on any atom is 0.417 e. The van der Waals surface area contributed by atoms with E-state index in [2.05, 4.69) is 33.1 Å². The lowest BCUT2D eigenvalue weighted by Gasteiger charge is -2.36. The number of imidazole rings is 1. The highest BCUT2D eigenvalue weighted by molar-refractivity contribution is 5.61. The van der Waals surface area contributed by atoms with E-state index in [-0.39, 0.29) is 0 Å². The van der Waals surface area contributed by atoms with Crippen molar-refractivity contribution in [1.29, 1.82) is 0 Å². The van der Waals surface area contributed by atoms with Crippen LogP contribution in [0, 0.1) is 12.8 Å². The highest BCUT2D eigenvalue weighted by Gasteiger charge is 2.32. The number of aryl methyl sites for hydroxylation is 2. The number of aromatic nitrogens is 6. The third kappa shape index (κ3) is 4.05. The molecule has 5 heterocycles. The first kappa shape index (κ1) is 21.4. The molecule has 1 aliphatic rings. The van der Waals surface area contributed by atoms with E-state index in [0.717, 1.165) is 37.5 Å². The first-order valence-electron chi connectivity index (χ1n) is 10.8. The van der Waals surface area contributed by atoms with Crippen LogP contribution >= 0.6 is 0 Å². The van der Waals surface area contributed by atoms with Gasteiger partial charge in [-0.25, -0.2) is 15.0 Å². The fourth-order valence-corrected chi connectivity index (χ4v) is 4.74. The van der Waals surface area contributed by atoms with Crippen LogP contribution in [0.15, 0.2) is 43.0 Å². The van der Waals surface area contributed by atoms with Gasteiger partial charge in [0.2, 0.25) is 5.95 Å². The second-order valence-corrected chi connectivity index (χ2v) is 8.82. The van der Waals surface area contributed by atoms with Crippen molar-refractivity contribution in [3.8, 4) is 11.4 Å². The highest BCUT2D eigenvalue weighted by Crippen LogP contribution is 2.34. The molecule has 0 aliphatic carbocycles. The van der Waals surface area contributed by atoms with Crippen molar-refractivity contribution in [3.63, 3.8) is 0 Å². The first-order valence-corrected chi connectivity index (χ1v) is 10.8. The summed E-state index contributed by atoms with van der Waals surface area (Å²) < 4.78 is 43.0. The summed E-state index contributed by atoms with van der Waals surface area (Å²) in [7, 11) is 1.92. The quantitative estimate of drug-likeness (QED) is 0.456. The van der Waals surface area contributed by atoms with E-state index >= 15 is 0 Å². The number of fused-ring (bicyclic) bond motifs is 1. The molecule has 0 radical (unpaired) electrons. The Balaban J connectivity index is 1.49. The molecule has 0 N–H and O–H groups in total. The van der Waals surface area contributed by atoms with Gasteiger partial charge in [-0.2, -0.15) is 18.3 Å². The molecule has 1 aliphatic heterocycles. The lowest BCUT2D eigenvalue weighted by molar-refractivity contribution is -0.137. The van der Waals surface area contributed by atoms with Crippen LogP contribution in [0.4, 0.5) is 19.1 Å². The van der Waals surface area contributed by atoms with Gasteiger partial charge in [-0.3, -0.25) is 9.08 Å². The standard InChI is InChI=1S/C23H24F3N7/c1-14-8-16(18-13-31(3)30-15(18)2)11-32(10-14)22-27-7-6-19(29-22)20-9-28-21-5-4-17(12-33(20)21)23(24,25)26/h4-7,9,12-14,16H,8,10-11H2,1-3H3/t14-,16-/m1/s1. The van der Waals surface area contributed by atoms with Gasteiger partial charge in [0, 0.05) is 44.6 Å². The smallest absolute Gasteiger partial charge is 0.340 e. The number of pyridine rings is 1. The molecule has 0 spiro atoms. The summed E-state index contributed by atoms with van der Waals surface area (Å²) in [6.07, 6.45) is 2.94. The zero-order valence-corrected chi connectivity index (χ0v) is 18.6. The maximum atomic E-state index is 13.2. The summed E-state index contributed by atoms with van der Waals surface area (Å²) in [6.45, 7) is 5.80. The van der Waals surface area contributed by atoms with Gasteiger partial charge in [0.05, 0.1) is 28.8 Å². The third-order valence-corrected chi connectivity index (χ3v) is 6.17. The molecule has 10 heteroatoms. The van der Waals surface area contributed by atoms with Gasteiger partial charge in [0.25, 0.3) is 0 Å². The molecule has 1 saturated heterocycles. The van der Waals surface area contributed by atoms with Crippen molar-refractivity contribution in [2.24, 2.45) is 13.0 Å². The van der Waals surface area contributed by atoms with Crippen molar-refractivity contribution in [1.82, 2.24) is 29.1 Å². The van der Waals surface area contributed by atoms with Crippen LogP contribution in [-0.4, -0.2) is 42.2 Å². The van der Waals surface area contributed by atoms with Crippen LogP contribution in [0.5, 0.6) is 0 Å². The van der Waals surface area contributed by atoms with E-state index in [0.29, 0.717) is 34.8 Å². The number of nitrogens with zero attached hydrogens (tertiary/aromatic N) is 7. The largest absolute Gasteiger partial charge is 0.417 e. The lowest BCUT2D eigenvalue weighted by Crippen LogP contribution is -2.39. The molecule has 2 atom stereocenters.